The average molecular weight is 466 g/mol. The average Bonchev–Trinajstić information content (AvgIpc) is 3.17. The molecule has 3 aromatic rings. The van der Waals surface area contributed by atoms with Crippen LogP contribution in [0.25, 0.3) is 11.0 Å². The summed E-state index contributed by atoms with van der Waals surface area (Å²) in [6.07, 6.45) is 4.11. The van der Waals surface area contributed by atoms with Crippen LogP contribution in [0, 0.1) is 17.5 Å². The van der Waals surface area contributed by atoms with Crippen LogP contribution in [0.3, 0.4) is 0 Å². The summed E-state index contributed by atoms with van der Waals surface area (Å²) in [5.74, 6) is -3.42. The van der Waals surface area contributed by atoms with E-state index in [1.807, 2.05) is 14.1 Å². The summed E-state index contributed by atoms with van der Waals surface area (Å²) in [7, 11) is 4.00. The predicted octanol–water partition coefficient (Wildman–Crippen LogP) is 5.17. The number of nitrogens with zero attached hydrogens (tertiary/aromatic N) is 2. The second kappa shape index (κ2) is 8.99. The maximum Gasteiger partial charge on any atom is 0.257 e. The number of carbonyl (C=O) groups is 1. The van der Waals surface area contributed by atoms with Crippen LogP contribution in [0.15, 0.2) is 24.3 Å². The van der Waals surface area contributed by atoms with E-state index in [1.165, 1.54) is 12.1 Å². The number of anilines is 2. The maximum atomic E-state index is 14.5. The lowest BCUT2D eigenvalue weighted by molar-refractivity contribution is 0.102. The summed E-state index contributed by atoms with van der Waals surface area (Å²) < 4.78 is 42.1. The number of imidazole rings is 1. The molecule has 3 N–H and O–H groups in total. The first-order valence-electron chi connectivity index (χ1n) is 10.3. The Morgan fingerprint density at radius 2 is 1.91 bits per heavy atom. The molecule has 0 spiro atoms. The fourth-order valence-electron chi connectivity index (χ4n) is 4.20. The van der Waals surface area contributed by atoms with Crippen LogP contribution >= 0.6 is 11.6 Å². The molecule has 1 aliphatic rings. The maximum absolute atomic E-state index is 14.5. The van der Waals surface area contributed by atoms with Gasteiger partial charge in [0.15, 0.2) is 11.6 Å². The van der Waals surface area contributed by atoms with Crippen LogP contribution in [-0.4, -0.2) is 47.0 Å². The molecule has 32 heavy (non-hydrogen) atoms. The minimum atomic E-state index is -1.19. The Labute approximate surface area is 188 Å². The van der Waals surface area contributed by atoms with Crippen molar-refractivity contribution in [1.82, 2.24) is 14.9 Å². The van der Waals surface area contributed by atoms with Gasteiger partial charge in [0.2, 0.25) is 5.95 Å². The molecule has 1 aliphatic carbocycles. The molecule has 0 aliphatic heterocycles. The molecule has 0 saturated heterocycles. The number of aromatic nitrogens is 2. The molecule has 0 unspecified atom stereocenters. The van der Waals surface area contributed by atoms with Gasteiger partial charge in [0.25, 0.3) is 5.91 Å². The highest BCUT2D eigenvalue weighted by Gasteiger charge is 2.28. The molecule has 1 aromatic heterocycles. The molecule has 6 nitrogen and oxygen atoms in total. The smallest absolute Gasteiger partial charge is 0.257 e. The molecule has 2 atom stereocenters. The number of hydrogen-bond acceptors (Lipinski definition) is 4. The van der Waals surface area contributed by atoms with Crippen LogP contribution in [-0.2, 0) is 0 Å². The zero-order chi connectivity index (χ0) is 23.0. The van der Waals surface area contributed by atoms with Gasteiger partial charge in [-0.15, -0.1) is 0 Å². The van der Waals surface area contributed by atoms with Crippen LogP contribution in [0.2, 0.25) is 5.02 Å². The number of hydrogen-bond donors (Lipinski definition) is 3. The third-order valence-electron chi connectivity index (χ3n) is 5.80. The minimum Gasteiger partial charge on any atom is -0.351 e. The molecule has 2 aromatic carbocycles. The van der Waals surface area contributed by atoms with Crippen LogP contribution in [0.4, 0.5) is 24.8 Å². The predicted molar refractivity (Wildman–Crippen MR) is 119 cm³/mol. The largest absolute Gasteiger partial charge is 0.351 e. The van der Waals surface area contributed by atoms with E-state index >= 15 is 0 Å². The first-order valence-corrected chi connectivity index (χ1v) is 10.7. The van der Waals surface area contributed by atoms with Gasteiger partial charge in [-0.05, 0) is 51.2 Å². The molecule has 1 amide bonds. The first kappa shape index (κ1) is 22.4. The lowest BCUT2D eigenvalue weighted by atomic mass is 9.90. The van der Waals surface area contributed by atoms with Gasteiger partial charge in [-0.25, -0.2) is 18.2 Å². The van der Waals surface area contributed by atoms with Crippen molar-refractivity contribution in [2.75, 3.05) is 24.7 Å². The van der Waals surface area contributed by atoms with Gasteiger partial charge in [-0.2, -0.15) is 0 Å². The van der Waals surface area contributed by atoms with Crippen molar-refractivity contribution in [3.63, 3.8) is 0 Å². The quantitative estimate of drug-likeness (QED) is 0.486. The zero-order valence-electron chi connectivity index (χ0n) is 17.6. The summed E-state index contributed by atoms with van der Waals surface area (Å²) >= 11 is 5.75. The van der Waals surface area contributed by atoms with Crippen molar-refractivity contribution in [1.29, 1.82) is 0 Å². The standard InChI is InChI=1S/C22H23ClF3N5O/c1-31(2)17-6-4-3-5-16(17)28-22-29-19-12(10-15(25)18(26)20(19)30-22)21(32)27-11-7-8-14(24)13(23)9-11/h7-10,16-17H,3-6H2,1-2H3,(H,27,32)(H2,28,29,30)/t16-,17-/m0/s1. The van der Waals surface area contributed by atoms with Gasteiger partial charge >= 0.3 is 0 Å². The number of nitrogens with one attached hydrogen (secondary N) is 3. The minimum absolute atomic E-state index is 0.0642. The highest BCUT2D eigenvalue weighted by Crippen LogP contribution is 2.29. The number of aromatic amines is 1. The van der Waals surface area contributed by atoms with Gasteiger partial charge in [-0.1, -0.05) is 24.4 Å². The Hall–Kier alpha value is -2.78. The van der Waals surface area contributed by atoms with E-state index in [9.17, 15) is 18.0 Å². The number of H-pyrrole nitrogens is 1. The summed E-state index contributed by atoms with van der Waals surface area (Å²) in [4.78, 5) is 22.1. The SMILES string of the molecule is CN(C)[C@H]1CCCC[C@@H]1Nc1nc2c(F)c(F)cc(C(=O)Nc3ccc(F)c(Cl)c3)c2[nH]1. The summed E-state index contributed by atoms with van der Waals surface area (Å²) in [6.45, 7) is 0. The third kappa shape index (κ3) is 4.40. The number of carbonyl (C=O) groups excluding carboxylic acids is 1. The Morgan fingerprint density at radius 1 is 1.16 bits per heavy atom. The van der Waals surface area contributed by atoms with Crippen molar-refractivity contribution in [3.05, 3.63) is 52.3 Å². The highest BCUT2D eigenvalue weighted by molar-refractivity contribution is 6.31. The monoisotopic (exact) mass is 465 g/mol. The van der Waals surface area contributed by atoms with Crippen LogP contribution in [0.5, 0.6) is 0 Å². The van der Waals surface area contributed by atoms with Gasteiger partial charge in [0.1, 0.15) is 11.3 Å². The molecular formula is C22H23ClF3N5O. The van der Waals surface area contributed by atoms with Crippen molar-refractivity contribution in [3.8, 4) is 0 Å². The third-order valence-corrected chi connectivity index (χ3v) is 6.09. The van der Waals surface area contributed by atoms with E-state index in [2.05, 4.69) is 25.5 Å². The molecule has 170 valence electrons. The van der Waals surface area contributed by atoms with Crippen molar-refractivity contribution < 1.29 is 18.0 Å². The second-order valence-corrected chi connectivity index (χ2v) is 8.59. The van der Waals surface area contributed by atoms with Crippen molar-refractivity contribution in [2.45, 2.75) is 37.8 Å². The van der Waals surface area contributed by atoms with Gasteiger partial charge in [-0.3, -0.25) is 4.79 Å². The van der Waals surface area contributed by atoms with Gasteiger partial charge in [0.05, 0.1) is 16.1 Å². The summed E-state index contributed by atoms with van der Waals surface area (Å²) in [5, 5.41) is 5.64. The second-order valence-electron chi connectivity index (χ2n) is 8.18. The van der Waals surface area contributed by atoms with E-state index in [-0.39, 0.29) is 45.3 Å². The number of likely N-dealkylation sites (N-methyl/N-ethyl adjacent to an activating group) is 1. The Kier molecular flexibility index (Phi) is 6.30. The fourth-order valence-corrected chi connectivity index (χ4v) is 4.38. The van der Waals surface area contributed by atoms with E-state index in [4.69, 9.17) is 11.6 Å². The Balaban J connectivity index is 1.66. The molecular weight excluding hydrogens is 443 g/mol. The number of rotatable bonds is 5. The molecule has 4 rings (SSSR count). The molecule has 0 radical (unpaired) electrons. The molecule has 1 fully saturated rings. The highest BCUT2D eigenvalue weighted by atomic mass is 35.5. The Bertz CT molecular complexity index is 1170. The van der Waals surface area contributed by atoms with Gasteiger partial charge in [0, 0.05) is 17.8 Å². The number of halogens is 4. The molecule has 10 heteroatoms. The summed E-state index contributed by atoms with van der Waals surface area (Å²) in [5.41, 5.74) is -0.123. The Morgan fingerprint density at radius 3 is 2.62 bits per heavy atom. The van der Waals surface area contributed by atoms with Crippen LogP contribution in [0.1, 0.15) is 36.0 Å². The fraction of sp³-hybridized carbons (Fsp3) is 0.364. The lowest BCUT2D eigenvalue weighted by Crippen LogP contribution is -2.45. The van der Waals surface area contributed by atoms with Crippen molar-refractivity contribution in [2.24, 2.45) is 0 Å². The lowest BCUT2D eigenvalue weighted by Gasteiger charge is -2.36. The van der Waals surface area contributed by atoms with Crippen LogP contribution < -0.4 is 10.6 Å². The molecule has 1 saturated carbocycles. The number of fused-ring (bicyclic) bond motifs is 1. The normalized spacial score (nSPS) is 18.8. The number of amides is 1. The first-order chi connectivity index (χ1) is 15.2. The van der Waals surface area contributed by atoms with E-state index in [0.29, 0.717) is 0 Å². The van der Waals surface area contributed by atoms with E-state index in [0.717, 1.165) is 37.8 Å². The van der Waals surface area contributed by atoms with E-state index in [1.54, 1.807) is 0 Å². The van der Waals surface area contributed by atoms with Gasteiger partial charge < -0.3 is 20.5 Å². The number of benzene rings is 2. The molecule has 1 heterocycles. The summed E-state index contributed by atoms with van der Waals surface area (Å²) in [6, 6.07) is 4.80. The topological polar surface area (TPSA) is 73.1 Å². The molecule has 0 bridgehead atoms. The van der Waals surface area contributed by atoms with Crippen molar-refractivity contribution >= 4 is 40.2 Å². The van der Waals surface area contributed by atoms with E-state index < -0.39 is 23.4 Å². The zero-order valence-corrected chi connectivity index (χ0v) is 18.4.